The zero-order chi connectivity index (χ0) is 11.5. The molecule has 0 saturated carbocycles. The van der Waals surface area contributed by atoms with Crippen LogP contribution >= 0.6 is 22.9 Å². The number of amides is 1. The van der Waals surface area contributed by atoms with E-state index in [1.165, 1.54) is 11.3 Å². The number of carbonyl (C=O) groups excluding carboxylic acids is 1. The topological polar surface area (TPSA) is 55.1 Å². The summed E-state index contributed by atoms with van der Waals surface area (Å²) < 4.78 is 0.743. The lowest BCUT2D eigenvalue weighted by Gasteiger charge is -2.09. The lowest BCUT2D eigenvalue weighted by molar-refractivity contribution is -0.123. The predicted molar refractivity (Wildman–Crippen MR) is 66.4 cm³/mol. The highest BCUT2D eigenvalue weighted by molar-refractivity contribution is 7.16. The average molecular weight is 257 g/mol. The lowest BCUT2D eigenvalue weighted by atomic mass is 10.1. The van der Waals surface area contributed by atoms with E-state index in [0.717, 1.165) is 9.21 Å². The van der Waals surface area contributed by atoms with Crippen molar-refractivity contribution in [1.29, 1.82) is 0 Å². The number of nitrogens with two attached hydrogens (primary N) is 1. The molecule has 0 saturated heterocycles. The molecule has 2 rings (SSSR count). The van der Waals surface area contributed by atoms with Crippen molar-refractivity contribution in [3.8, 4) is 0 Å². The van der Waals surface area contributed by atoms with E-state index in [4.69, 9.17) is 17.3 Å². The molecule has 5 heteroatoms. The number of halogens is 1. The molecule has 0 bridgehead atoms. The van der Waals surface area contributed by atoms with E-state index in [9.17, 15) is 4.79 Å². The Hall–Kier alpha value is -0.840. The Morgan fingerprint density at radius 1 is 1.56 bits per heavy atom. The van der Waals surface area contributed by atoms with Gasteiger partial charge in [0.25, 0.3) is 0 Å². The molecule has 16 heavy (non-hydrogen) atoms. The first kappa shape index (κ1) is 11.6. The van der Waals surface area contributed by atoms with Gasteiger partial charge in [-0.05, 0) is 18.6 Å². The minimum Gasteiger partial charge on any atom is -0.351 e. The van der Waals surface area contributed by atoms with Gasteiger partial charge in [0.1, 0.15) is 0 Å². The third-order valence-corrected chi connectivity index (χ3v) is 3.75. The molecule has 0 aliphatic heterocycles. The van der Waals surface area contributed by atoms with Crippen molar-refractivity contribution in [3.05, 3.63) is 33.5 Å². The number of carbonyl (C=O) groups is 1. The molecule has 1 aromatic heterocycles. The Morgan fingerprint density at radius 3 is 2.94 bits per heavy atom. The molecule has 1 amide bonds. The van der Waals surface area contributed by atoms with Crippen LogP contribution in [0, 0.1) is 5.92 Å². The monoisotopic (exact) mass is 256 g/mol. The van der Waals surface area contributed by atoms with E-state index in [2.05, 4.69) is 5.32 Å². The first-order valence-corrected chi connectivity index (χ1v) is 6.30. The van der Waals surface area contributed by atoms with E-state index < -0.39 is 0 Å². The van der Waals surface area contributed by atoms with E-state index in [1.54, 1.807) is 0 Å². The van der Waals surface area contributed by atoms with Gasteiger partial charge >= 0.3 is 0 Å². The maximum atomic E-state index is 11.7. The molecule has 1 heterocycles. The standard InChI is InChI=1S/C11H13ClN2OS/c12-10-4-3-9(16-10)6-14-11(15)7-1-2-8(13)5-7/h1-4,7-8H,5-6,13H2,(H,14,15). The van der Waals surface area contributed by atoms with Gasteiger partial charge in [-0.15, -0.1) is 11.3 Å². The Balaban J connectivity index is 1.82. The zero-order valence-electron chi connectivity index (χ0n) is 8.65. The van der Waals surface area contributed by atoms with E-state index in [1.807, 2.05) is 24.3 Å². The smallest absolute Gasteiger partial charge is 0.227 e. The summed E-state index contributed by atoms with van der Waals surface area (Å²) in [6, 6.07) is 3.77. The molecule has 3 N–H and O–H groups in total. The summed E-state index contributed by atoms with van der Waals surface area (Å²) in [4.78, 5) is 12.8. The molecule has 2 atom stereocenters. The zero-order valence-corrected chi connectivity index (χ0v) is 10.2. The summed E-state index contributed by atoms with van der Waals surface area (Å²) in [5, 5.41) is 2.88. The lowest BCUT2D eigenvalue weighted by Crippen LogP contribution is -2.30. The van der Waals surface area contributed by atoms with Crippen LogP contribution in [0.2, 0.25) is 4.34 Å². The molecule has 1 aliphatic rings. The van der Waals surface area contributed by atoms with E-state index in [-0.39, 0.29) is 17.9 Å². The van der Waals surface area contributed by atoms with Gasteiger partial charge < -0.3 is 11.1 Å². The van der Waals surface area contributed by atoms with Gasteiger partial charge in [0.2, 0.25) is 5.91 Å². The number of nitrogens with one attached hydrogen (secondary N) is 1. The number of hydrogen-bond donors (Lipinski definition) is 2. The largest absolute Gasteiger partial charge is 0.351 e. The number of hydrogen-bond acceptors (Lipinski definition) is 3. The second kappa shape index (κ2) is 4.99. The van der Waals surface area contributed by atoms with Crippen molar-refractivity contribution < 1.29 is 4.79 Å². The molecule has 2 unspecified atom stereocenters. The van der Waals surface area contributed by atoms with Crippen LogP contribution in [0.5, 0.6) is 0 Å². The maximum Gasteiger partial charge on any atom is 0.227 e. The summed E-state index contributed by atoms with van der Waals surface area (Å²) in [6.07, 6.45) is 4.46. The highest BCUT2D eigenvalue weighted by Gasteiger charge is 2.22. The van der Waals surface area contributed by atoms with Gasteiger partial charge in [-0.1, -0.05) is 23.8 Å². The fourth-order valence-corrected chi connectivity index (χ4v) is 2.70. The van der Waals surface area contributed by atoms with Gasteiger partial charge in [0, 0.05) is 10.9 Å². The van der Waals surface area contributed by atoms with Gasteiger partial charge in [-0.2, -0.15) is 0 Å². The molecule has 0 fully saturated rings. The summed E-state index contributed by atoms with van der Waals surface area (Å²) >= 11 is 7.28. The molecule has 0 spiro atoms. The van der Waals surface area contributed by atoms with Crippen molar-refractivity contribution >= 4 is 28.8 Å². The second-order valence-electron chi connectivity index (χ2n) is 3.81. The average Bonchev–Trinajstić information content (AvgIpc) is 2.84. The van der Waals surface area contributed by atoms with Crippen LogP contribution in [0.4, 0.5) is 0 Å². The number of thiophene rings is 1. The highest BCUT2D eigenvalue weighted by atomic mass is 35.5. The van der Waals surface area contributed by atoms with Crippen molar-refractivity contribution in [2.24, 2.45) is 11.7 Å². The third kappa shape index (κ3) is 2.84. The normalized spacial score (nSPS) is 23.6. The van der Waals surface area contributed by atoms with Crippen LogP contribution in [0.25, 0.3) is 0 Å². The van der Waals surface area contributed by atoms with Crippen LogP contribution < -0.4 is 11.1 Å². The Labute approximate surface area is 103 Å². The molecule has 1 aliphatic carbocycles. The first-order chi connectivity index (χ1) is 7.65. The third-order valence-electron chi connectivity index (χ3n) is 2.52. The van der Waals surface area contributed by atoms with Crippen LogP contribution in [-0.4, -0.2) is 11.9 Å². The van der Waals surface area contributed by atoms with Crippen LogP contribution in [0.3, 0.4) is 0 Å². The maximum absolute atomic E-state index is 11.7. The van der Waals surface area contributed by atoms with Gasteiger partial charge in [0.05, 0.1) is 16.8 Å². The molecule has 86 valence electrons. The van der Waals surface area contributed by atoms with Crippen LogP contribution in [-0.2, 0) is 11.3 Å². The van der Waals surface area contributed by atoms with Crippen LogP contribution in [0.1, 0.15) is 11.3 Å². The van der Waals surface area contributed by atoms with Crippen molar-refractivity contribution in [3.63, 3.8) is 0 Å². The van der Waals surface area contributed by atoms with Crippen LogP contribution in [0.15, 0.2) is 24.3 Å². The highest BCUT2D eigenvalue weighted by Crippen LogP contribution is 2.21. The molecule has 0 radical (unpaired) electrons. The van der Waals surface area contributed by atoms with E-state index >= 15 is 0 Å². The summed E-state index contributed by atoms with van der Waals surface area (Å²) in [5.41, 5.74) is 5.69. The molecule has 1 aromatic rings. The summed E-state index contributed by atoms with van der Waals surface area (Å²) in [6.45, 7) is 0.537. The molecule has 0 aromatic carbocycles. The van der Waals surface area contributed by atoms with Gasteiger partial charge in [-0.25, -0.2) is 0 Å². The predicted octanol–water partition coefficient (Wildman–Crippen LogP) is 1.92. The van der Waals surface area contributed by atoms with Gasteiger partial charge in [-0.3, -0.25) is 4.79 Å². The minimum atomic E-state index is -0.0783. The molecular formula is C11H13ClN2OS. The summed E-state index contributed by atoms with van der Waals surface area (Å²) in [7, 11) is 0. The van der Waals surface area contributed by atoms with Crippen molar-refractivity contribution in [2.45, 2.75) is 19.0 Å². The number of rotatable bonds is 3. The van der Waals surface area contributed by atoms with Gasteiger partial charge in [0.15, 0.2) is 0 Å². The SMILES string of the molecule is NC1C=CC(C(=O)NCc2ccc(Cl)s2)C1. The fourth-order valence-electron chi connectivity index (χ4n) is 1.67. The molecular weight excluding hydrogens is 244 g/mol. The molecule has 3 nitrogen and oxygen atoms in total. The summed E-state index contributed by atoms with van der Waals surface area (Å²) in [5.74, 6) is -0.0424. The Morgan fingerprint density at radius 2 is 2.38 bits per heavy atom. The fraction of sp³-hybridized carbons (Fsp3) is 0.364. The first-order valence-electron chi connectivity index (χ1n) is 5.11. The minimum absolute atomic E-state index is 0.0203. The van der Waals surface area contributed by atoms with Crippen molar-refractivity contribution in [2.75, 3.05) is 0 Å². The van der Waals surface area contributed by atoms with Crippen molar-refractivity contribution in [1.82, 2.24) is 5.32 Å². The quantitative estimate of drug-likeness (QED) is 0.812. The second-order valence-corrected chi connectivity index (χ2v) is 5.61. The Bertz CT molecular complexity index is 416. The Kier molecular flexibility index (Phi) is 3.63. The van der Waals surface area contributed by atoms with E-state index in [0.29, 0.717) is 13.0 Å².